The van der Waals surface area contributed by atoms with Crippen LogP contribution in [0.3, 0.4) is 0 Å². The molecule has 7 heteroatoms. The highest BCUT2D eigenvalue weighted by Crippen LogP contribution is 2.37. The first-order valence-electron chi connectivity index (χ1n) is 8.84. The molecule has 1 aliphatic heterocycles. The predicted molar refractivity (Wildman–Crippen MR) is 101 cm³/mol. The predicted octanol–water partition coefficient (Wildman–Crippen LogP) is 4.29. The van der Waals surface area contributed by atoms with E-state index in [9.17, 15) is 22.8 Å². The minimum Gasteiger partial charge on any atom is -0.324 e. The van der Waals surface area contributed by atoms with Crippen LogP contribution in [0.2, 0.25) is 0 Å². The van der Waals surface area contributed by atoms with Gasteiger partial charge in [0.1, 0.15) is 24.0 Å². The maximum Gasteiger partial charge on any atom is 0.258 e. The molecule has 1 atom stereocenters. The molecule has 1 heterocycles. The van der Waals surface area contributed by atoms with Crippen LogP contribution in [0.5, 0.6) is 0 Å². The second kappa shape index (κ2) is 7.43. The van der Waals surface area contributed by atoms with Crippen molar-refractivity contribution in [2.75, 3.05) is 11.9 Å². The van der Waals surface area contributed by atoms with Gasteiger partial charge >= 0.3 is 0 Å². The first kappa shape index (κ1) is 18.7. The zero-order chi connectivity index (χ0) is 20.5. The quantitative estimate of drug-likeness (QED) is 0.703. The van der Waals surface area contributed by atoms with Crippen LogP contribution in [-0.2, 0) is 4.79 Å². The summed E-state index contributed by atoms with van der Waals surface area (Å²) < 4.78 is 41.8. The van der Waals surface area contributed by atoms with Gasteiger partial charge in [-0.25, -0.2) is 13.2 Å². The molecule has 29 heavy (non-hydrogen) atoms. The number of fused-ring (bicyclic) bond motifs is 1. The van der Waals surface area contributed by atoms with Gasteiger partial charge in [0.25, 0.3) is 5.91 Å². The minimum atomic E-state index is -0.924. The zero-order valence-electron chi connectivity index (χ0n) is 15.0. The number of halogens is 3. The molecule has 0 bridgehead atoms. The Morgan fingerprint density at radius 1 is 0.931 bits per heavy atom. The standard InChI is InChI=1S/C22H15F3N2O2/c23-14-7-5-13(6-8-14)21-17-11-15(24)9-10-19(17)26-20(28)12-27(21)22(29)16-3-1-2-4-18(16)25/h1-11,21H,12H2,(H,26,28)/t21-/m1/s1. The van der Waals surface area contributed by atoms with E-state index < -0.39 is 35.3 Å². The lowest BCUT2D eigenvalue weighted by Gasteiger charge is -2.30. The van der Waals surface area contributed by atoms with E-state index >= 15 is 0 Å². The van der Waals surface area contributed by atoms with Crippen LogP contribution in [0.4, 0.5) is 18.9 Å². The number of hydrogen-bond acceptors (Lipinski definition) is 2. The molecule has 4 nitrogen and oxygen atoms in total. The molecular weight excluding hydrogens is 381 g/mol. The molecule has 0 fully saturated rings. The molecule has 1 N–H and O–H groups in total. The second-order valence-electron chi connectivity index (χ2n) is 6.65. The molecular formula is C22H15F3N2O2. The van der Waals surface area contributed by atoms with E-state index in [1.54, 1.807) is 0 Å². The fraction of sp³-hybridized carbons (Fsp3) is 0.0909. The summed E-state index contributed by atoms with van der Waals surface area (Å²) in [6, 6.07) is 13.6. The van der Waals surface area contributed by atoms with Gasteiger partial charge in [0.2, 0.25) is 5.91 Å². The van der Waals surface area contributed by atoms with Crippen molar-refractivity contribution in [2.45, 2.75) is 6.04 Å². The summed E-state index contributed by atoms with van der Waals surface area (Å²) >= 11 is 0. The fourth-order valence-electron chi connectivity index (χ4n) is 3.46. The van der Waals surface area contributed by atoms with Crippen molar-refractivity contribution >= 4 is 17.5 Å². The molecule has 3 aromatic carbocycles. The molecule has 3 aromatic rings. The van der Waals surface area contributed by atoms with Gasteiger partial charge in [-0.15, -0.1) is 0 Å². The lowest BCUT2D eigenvalue weighted by molar-refractivity contribution is -0.117. The first-order chi connectivity index (χ1) is 13.9. The van der Waals surface area contributed by atoms with Crippen molar-refractivity contribution < 1.29 is 22.8 Å². The van der Waals surface area contributed by atoms with Gasteiger partial charge in [-0.1, -0.05) is 24.3 Å². The zero-order valence-corrected chi connectivity index (χ0v) is 15.0. The smallest absolute Gasteiger partial charge is 0.258 e. The average Bonchev–Trinajstić information content (AvgIpc) is 2.84. The summed E-state index contributed by atoms with van der Waals surface area (Å²) in [4.78, 5) is 26.8. The van der Waals surface area contributed by atoms with Gasteiger partial charge in [-0.2, -0.15) is 0 Å². The third-order valence-electron chi connectivity index (χ3n) is 4.76. The van der Waals surface area contributed by atoms with Gasteiger partial charge in [-0.05, 0) is 48.0 Å². The number of carbonyl (C=O) groups is 2. The first-order valence-corrected chi connectivity index (χ1v) is 8.84. The topological polar surface area (TPSA) is 49.4 Å². The Bertz CT molecular complexity index is 1100. The lowest BCUT2D eigenvalue weighted by atomic mass is 9.95. The van der Waals surface area contributed by atoms with Gasteiger partial charge in [0.05, 0.1) is 11.6 Å². The third-order valence-corrected chi connectivity index (χ3v) is 4.76. The second-order valence-corrected chi connectivity index (χ2v) is 6.65. The van der Waals surface area contributed by atoms with E-state index in [4.69, 9.17) is 0 Å². The van der Waals surface area contributed by atoms with Crippen LogP contribution in [0.15, 0.2) is 66.7 Å². The van der Waals surface area contributed by atoms with Crippen LogP contribution in [0.25, 0.3) is 0 Å². The molecule has 0 saturated carbocycles. The summed E-state index contributed by atoms with van der Waals surface area (Å²) in [5.74, 6) is -3.02. The van der Waals surface area contributed by atoms with E-state index in [-0.39, 0.29) is 12.1 Å². The fourth-order valence-corrected chi connectivity index (χ4v) is 3.46. The molecule has 0 unspecified atom stereocenters. The Labute approximate surface area is 164 Å². The summed E-state index contributed by atoms with van der Waals surface area (Å²) in [6.45, 7) is -0.383. The molecule has 4 rings (SSSR count). The molecule has 146 valence electrons. The molecule has 1 aliphatic rings. The Morgan fingerprint density at radius 2 is 1.62 bits per heavy atom. The normalized spacial score (nSPS) is 16.0. The van der Waals surface area contributed by atoms with Crippen molar-refractivity contribution in [3.05, 3.63) is 101 Å². The van der Waals surface area contributed by atoms with Crippen LogP contribution < -0.4 is 5.32 Å². The SMILES string of the molecule is O=C1CN(C(=O)c2ccccc2F)[C@H](c2ccc(F)cc2)c2cc(F)ccc2N1. The summed E-state index contributed by atoms with van der Waals surface area (Å²) in [5.41, 5.74) is 0.883. The number of nitrogens with zero attached hydrogens (tertiary/aromatic N) is 1. The molecule has 0 aliphatic carbocycles. The lowest BCUT2D eigenvalue weighted by Crippen LogP contribution is -2.39. The number of carbonyl (C=O) groups excluding carboxylic acids is 2. The number of amides is 2. The van der Waals surface area contributed by atoms with Crippen LogP contribution in [0.1, 0.15) is 27.5 Å². The van der Waals surface area contributed by atoms with Crippen molar-refractivity contribution in [3.8, 4) is 0 Å². The number of hydrogen-bond donors (Lipinski definition) is 1. The summed E-state index contributed by atoms with van der Waals surface area (Å²) in [5, 5.41) is 2.64. The highest BCUT2D eigenvalue weighted by Gasteiger charge is 2.35. The molecule has 0 spiro atoms. The Hall–Kier alpha value is -3.61. The van der Waals surface area contributed by atoms with Crippen LogP contribution >= 0.6 is 0 Å². The Morgan fingerprint density at radius 3 is 2.34 bits per heavy atom. The van der Waals surface area contributed by atoms with Gasteiger partial charge < -0.3 is 10.2 Å². The van der Waals surface area contributed by atoms with Gasteiger partial charge in [0, 0.05) is 11.3 Å². The molecule has 0 aromatic heterocycles. The third kappa shape index (κ3) is 3.59. The number of benzene rings is 3. The highest BCUT2D eigenvalue weighted by atomic mass is 19.1. The molecule has 0 saturated heterocycles. The van der Waals surface area contributed by atoms with Crippen LogP contribution in [-0.4, -0.2) is 23.3 Å². The van der Waals surface area contributed by atoms with E-state index in [2.05, 4.69) is 5.32 Å². The minimum absolute atomic E-state index is 0.215. The largest absolute Gasteiger partial charge is 0.324 e. The van der Waals surface area contributed by atoms with E-state index in [1.807, 2.05) is 0 Å². The molecule has 0 radical (unpaired) electrons. The van der Waals surface area contributed by atoms with E-state index in [1.165, 1.54) is 60.7 Å². The van der Waals surface area contributed by atoms with E-state index in [0.29, 0.717) is 16.8 Å². The van der Waals surface area contributed by atoms with Crippen LogP contribution in [0, 0.1) is 17.5 Å². The monoisotopic (exact) mass is 396 g/mol. The van der Waals surface area contributed by atoms with E-state index in [0.717, 1.165) is 11.0 Å². The number of nitrogens with one attached hydrogen (secondary N) is 1. The highest BCUT2D eigenvalue weighted by molar-refractivity contribution is 6.01. The maximum atomic E-state index is 14.3. The average molecular weight is 396 g/mol. The van der Waals surface area contributed by atoms with Crippen molar-refractivity contribution in [1.29, 1.82) is 0 Å². The maximum absolute atomic E-state index is 14.3. The molecule has 2 amide bonds. The van der Waals surface area contributed by atoms with Gasteiger partial charge in [-0.3, -0.25) is 9.59 Å². The van der Waals surface area contributed by atoms with Crippen molar-refractivity contribution in [2.24, 2.45) is 0 Å². The Balaban J connectivity index is 1.91. The summed E-state index contributed by atoms with van der Waals surface area (Å²) in [7, 11) is 0. The van der Waals surface area contributed by atoms with Crippen molar-refractivity contribution in [1.82, 2.24) is 4.90 Å². The Kier molecular flexibility index (Phi) is 4.80. The summed E-state index contributed by atoms with van der Waals surface area (Å²) in [6.07, 6.45) is 0. The number of anilines is 1. The number of rotatable bonds is 2. The van der Waals surface area contributed by atoms with Gasteiger partial charge in [0.15, 0.2) is 0 Å². The van der Waals surface area contributed by atoms with Crippen molar-refractivity contribution in [3.63, 3.8) is 0 Å².